The number of carbonyl (C=O) groups excluding carboxylic acids is 2. The quantitative estimate of drug-likeness (QED) is 0.417. The van der Waals surface area contributed by atoms with Crippen LogP contribution in [0.25, 0.3) is 10.9 Å². The highest BCUT2D eigenvalue weighted by Gasteiger charge is 2.37. The lowest BCUT2D eigenvalue weighted by Gasteiger charge is -2.21. The van der Waals surface area contributed by atoms with Gasteiger partial charge in [-0.25, -0.2) is 9.59 Å². The average molecular weight is 469 g/mol. The van der Waals surface area contributed by atoms with E-state index in [1.54, 1.807) is 0 Å². The highest BCUT2D eigenvalue weighted by atomic mass is 19.4. The van der Waals surface area contributed by atoms with Crippen molar-refractivity contribution in [2.75, 3.05) is 26.4 Å². The number of nitrogens with zero attached hydrogens (tertiary/aromatic N) is 1. The lowest BCUT2D eigenvalue weighted by molar-refractivity contribution is -0.154. The molecule has 13 heteroatoms. The zero-order valence-electron chi connectivity index (χ0n) is 16.7. The van der Waals surface area contributed by atoms with Crippen LogP contribution in [0, 0.1) is 0 Å². The molecule has 0 amide bonds. The monoisotopic (exact) mass is 469 g/mol. The zero-order valence-corrected chi connectivity index (χ0v) is 16.7. The normalized spacial score (nSPS) is 11.9. The molecular weight excluding hydrogens is 452 g/mol. The Morgan fingerprint density at radius 2 is 1.31 bits per heavy atom. The summed E-state index contributed by atoms with van der Waals surface area (Å²) in [5, 5.41) is -0.301. The van der Waals surface area contributed by atoms with E-state index in [4.69, 9.17) is 18.9 Å². The third kappa shape index (κ3) is 6.14. The van der Waals surface area contributed by atoms with E-state index >= 15 is 0 Å². The number of hydrogen-bond acceptors (Lipinski definition) is 7. The van der Waals surface area contributed by atoms with E-state index in [1.807, 2.05) is 0 Å². The number of rotatable bonds is 8. The third-order valence-electron chi connectivity index (χ3n) is 3.69. The number of carbonyl (C=O) groups is 2. The van der Waals surface area contributed by atoms with Gasteiger partial charge in [0.25, 0.3) is 0 Å². The summed E-state index contributed by atoms with van der Waals surface area (Å²) in [6.07, 6.45) is -8.58. The molecule has 1 aromatic carbocycles. The summed E-state index contributed by atoms with van der Waals surface area (Å²) in [6.45, 7) is -1.52. The van der Waals surface area contributed by atoms with Gasteiger partial charge in [-0.2, -0.15) is 26.3 Å². The highest BCUT2D eigenvalue weighted by Crippen LogP contribution is 2.42. The first kappa shape index (κ1) is 25.0. The molecule has 0 saturated carbocycles. The van der Waals surface area contributed by atoms with Gasteiger partial charge in [0.2, 0.25) is 0 Å². The van der Waals surface area contributed by atoms with Gasteiger partial charge in [-0.3, -0.25) is 4.98 Å². The number of ether oxygens (including phenoxy) is 4. The fraction of sp³-hybridized carbons (Fsp3) is 0.421. The van der Waals surface area contributed by atoms with Gasteiger partial charge in [0.15, 0.2) is 19.0 Å². The molecule has 0 spiro atoms. The molecule has 0 radical (unpaired) electrons. The van der Waals surface area contributed by atoms with Gasteiger partial charge < -0.3 is 18.9 Å². The molecule has 0 saturated heterocycles. The molecule has 0 atom stereocenters. The van der Waals surface area contributed by atoms with E-state index < -0.39 is 65.6 Å². The molecule has 2 aromatic rings. The van der Waals surface area contributed by atoms with Crippen LogP contribution in [0.15, 0.2) is 18.3 Å². The molecular formula is C19H17F6NO6. The fourth-order valence-corrected chi connectivity index (χ4v) is 2.64. The minimum absolute atomic E-state index is 0.260. The predicted molar refractivity (Wildman–Crippen MR) is 96.8 cm³/mol. The first-order valence-electron chi connectivity index (χ1n) is 9.07. The lowest BCUT2D eigenvalue weighted by Crippen LogP contribution is -2.24. The summed E-state index contributed by atoms with van der Waals surface area (Å²) in [5.74, 6) is -4.22. The van der Waals surface area contributed by atoms with Gasteiger partial charge in [0.1, 0.15) is 22.4 Å². The smallest absolute Gasteiger partial charge is 0.422 e. The van der Waals surface area contributed by atoms with Crippen LogP contribution in [0.3, 0.4) is 0 Å². The Balaban J connectivity index is 2.91. The Morgan fingerprint density at radius 3 is 1.78 bits per heavy atom. The molecule has 0 N–H and O–H groups in total. The van der Waals surface area contributed by atoms with Crippen molar-refractivity contribution in [2.45, 2.75) is 26.2 Å². The molecule has 0 fully saturated rings. The second-order valence-corrected chi connectivity index (χ2v) is 6.06. The van der Waals surface area contributed by atoms with Crippen LogP contribution in [0.4, 0.5) is 26.3 Å². The van der Waals surface area contributed by atoms with E-state index in [0.717, 1.165) is 12.3 Å². The lowest BCUT2D eigenvalue weighted by atomic mass is 10.00. The maximum absolute atomic E-state index is 12.8. The van der Waals surface area contributed by atoms with Crippen LogP contribution < -0.4 is 9.47 Å². The van der Waals surface area contributed by atoms with Gasteiger partial charge in [0.05, 0.1) is 13.2 Å². The van der Waals surface area contributed by atoms with E-state index in [2.05, 4.69) is 4.98 Å². The number of halogens is 6. The Labute approximate surface area is 177 Å². The SMILES string of the molecule is CCOC(=O)c1c(C(=O)OCC)c(OCC(F)(F)F)c2ncccc2c1OCC(F)(F)F. The third-order valence-corrected chi connectivity index (χ3v) is 3.69. The summed E-state index contributed by atoms with van der Waals surface area (Å²) in [5.41, 5.74) is -2.20. The number of benzene rings is 1. The molecule has 32 heavy (non-hydrogen) atoms. The average Bonchev–Trinajstić information content (AvgIpc) is 2.69. The van der Waals surface area contributed by atoms with E-state index in [0.29, 0.717) is 0 Å². The van der Waals surface area contributed by atoms with Gasteiger partial charge in [-0.15, -0.1) is 0 Å². The molecule has 176 valence electrons. The van der Waals surface area contributed by atoms with Crippen LogP contribution >= 0.6 is 0 Å². The van der Waals surface area contributed by atoms with E-state index in [1.165, 1.54) is 19.9 Å². The van der Waals surface area contributed by atoms with E-state index in [-0.39, 0.29) is 18.6 Å². The first-order valence-corrected chi connectivity index (χ1v) is 9.07. The Morgan fingerprint density at radius 1 is 0.844 bits per heavy atom. The summed E-state index contributed by atoms with van der Waals surface area (Å²) in [4.78, 5) is 29.1. The summed E-state index contributed by atoms with van der Waals surface area (Å²) < 4.78 is 96.2. The molecule has 0 aliphatic rings. The van der Waals surface area contributed by atoms with Crippen molar-refractivity contribution in [3.8, 4) is 11.5 Å². The number of alkyl halides is 6. The van der Waals surface area contributed by atoms with Crippen LogP contribution in [-0.4, -0.2) is 55.7 Å². The van der Waals surface area contributed by atoms with Crippen LogP contribution in [-0.2, 0) is 9.47 Å². The van der Waals surface area contributed by atoms with Crippen LogP contribution in [0.5, 0.6) is 11.5 Å². The minimum Gasteiger partial charge on any atom is -0.482 e. The second-order valence-electron chi connectivity index (χ2n) is 6.06. The van der Waals surface area contributed by atoms with Crippen molar-refractivity contribution in [3.05, 3.63) is 29.5 Å². The largest absolute Gasteiger partial charge is 0.482 e. The molecule has 0 bridgehead atoms. The number of aromatic nitrogens is 1. The topological polar surface area (TPSA) is 84.0 Å². The van der Waals surface area contributed by atoms with Gasteiger partial charge in [-0.1, -0.05) is 0 Å². The Bertz CT molecular complexity index is 910. The fourth-order valence-electron chi connectivity index (χ4n) is 2.64. The van der Waals surface area contributed by atoms with Crippen molar-refractivity contribution in [1.82, 2.24) is 4.98 Å². The molecule has 0 unspecified atom stereocenters. The molecule has 0 aliphatic carbocycles. The maximum Gasteiger partial charge on any atom is 0.422 e. The van der Waals surface area contributed by atoms with Crippen molar-refractivity contribution < 1.29 is 54.9 Å². The second kappa shape index (κ2) is 9.92. The number of esters is 2. The molecule has 7 nitrogen and oxygen atoms in total. The van der Waals surface area contributed by atoms with Gasteiger partial charge in [-0.05, 0) is 26.0 Å². The molecule has 1 heterocycles. The van der Waals surface area contributed by atoms with Crippen molar-refractivity contribution in [1.29, 1.82) is 0 Å². The summed E-state index contributed by atoms with van der Waals surface area (Å²) >= 11 is 0. The first-order chi connectivity index (χ1) is 14.9. The molecule has 1 aromatic heterocycles. The number of pyridine rings is 1. The van der Waals surface area contributed by atoms with Crippen LogP contribution in [0.2, 0.25) is 0 Å². The Kier molecular flexibility index (Phi) is 7.75. The van der Waals surface area contributed by atoms with Crippen molar-refractivity contribution in [2.24, 2.45) is 0 Å². The van der Waals surface area contributed by atoms with Gasteiger partial charge in [0, 0.05) is 11.6 Å². The van der Waals surface area contributed by atoms with Gasteiger partial charge >= 0.3 is 24.3 Å². The zero-order chi connectivity index (χ0) is 24.1. The Hall–Kier alpha value is -3.25. The van der Waals surface area contributed by atoms with Crippen molar-refractivity contribution >= 4 is 22.8 Å². The number of hydrogen-bond donors (Lipinski definition) is 0. The standard InChI is InChI=1S/C19H17F6NO6/c1-3-29-16(27)11-12(17(28)30-4-2)15(32-9-19(23,24)25)13-10(6-5-7-26-13)14(11)31-8-18(20,21)22/h5-7H,3-4,8-9H2,1-2H3. The predicted octanol–water partition coefficient (Wildman–Crippen LogP) is 4.47. The molecule has 2 rings (SSSR count). The highest BCUT2D eigenvalue weighted by molar-refractivity contribution is 6.13. The minimum atomic E-state index is -4.84. The summed E-state index contributed by atoms with van der Waals surface area (Å²) in [7, 11) is 0. The maximum atomic E-state index is 12.8. The summed E-state index contributed by atoms with van der Waals surface area (Å²) in [6, 6.07) is 2.39. The number of fused-ring (bicyclic) bond motifs is 1. The van der Waals surface area contributed by atoms with Crippen molar-refractivity contribution in [3.63, 3.8) is 0 Å². The van der Waals surface area contributed by atoms with E-state index in [9.17, 15) is 35.9 Å². The van der Waals surface area contributed by atoms with Crippen LogP contribution in [0.1, 0.15) is 34.6 Å². The molecule has 0 aliphatic heterocycles.